The normalized spacial score (nSPS) is 11.9. The number of hydrogen-bond donors (Lipinski definition) is 0. The Balaban J connectivity index is 1.81. The maximum Gasteiger partial charge on any atom is 0.151 e. The van der Waals surface area contributed by atoms with Crippen LogP contribution < -0.4 is 4.74 Å². The van der Waals surface area contributed by atoms with E-state index in [4.69, 9.17) is 4.74 Å². The van der Waals surface area contributed by atoms with Gasteiger partial charge in [0, 0.05) is 17.3 Å². The molecule has 0 aliphatic heterocycles. The van der Waals surface area contributed by atoms with Crippen molar-refractivity contribution in [2.45, 2.75) is 39.5 Å². The fourth-order valence-electron chi connectivity index (χ4n) is 2.36. The van der Waals surface area contributed by atoms with Crippen molar-refractivity contribution in [3.63, 3.8) is 0 Å². The van der Waals surface area contributed by atoms with E-state index in [-0.39, 0.29) is 0 Å². The van der Waals surface area contributed by atoms with Gasteiger partial charge in [-0.2, -0.15) is 0 Å². The number of aromatic nitrogens is 1. The summed E-state index contributed by atoms with van der Waals surface area (Å²) in [5.74, 6) is 1.70. The molecule has 0 bridgehead atoms. The van der Waals surface area contributed by atoms with Crippen molar-refractivity contribution in [1.82, 2.24) is 4.98 Å². The summed E-state index contributed by atoms with van der Waals surface area (Å²) in [7, 11) is 0. The monoisotopic (exact) mass is 311 g/mol. The lowest BCUT2D eigenvalue weighted by Gasteiger charge is -2.09. The highest BCUT2D eigenvalue weighted by atomic mass is 16.5. The molecule has 0 aliphatic carbocycles. The molecule has 0 aliphatic rings. The second-order valence-electron chi connectivity index (χ2n) is 5.98. The van der Waals surface area contributed by atoms with Gasteiger partial charge in [0.2, 0.25) is 0 Å². The van der Waals surface area contributed by atoms with Crippen molar-refractivity contribution in [3.8, 4) is 17.0 Å². The Morgan fingerprint density at radius 1 is 1.13 bits per heavy atom. The second-order valence-corrected chi connectivity index (χ2v) is 5.98. The third kappa shape index (κ3) is 5.51. The van der Waals surface area contributed by atoms with Crippen molar-refractivity contribution >= 4 is 6.29 Å². The third-order valence-electron chi connectivity index (χ3n) is 4.13. The van der Waals surface area contributed by atoms with Crippen LogP contribution in [0.4, 0.5) is 0 Å². The van der Waals surface area contributed by atoms with Gasteiger partial charge >= 0.3 is 0 Å². The average molecular weight is 311 g/mol. The second kappa shape index (κ2) is 9.09. The van der Waals surface area contributed by atoms with Gasteiger partial charge < -0.3 is 4.74 Å². The summed E-state index contributed by atoms with van der Waals surface area (Å²) in [6.07, 6.45) is 7.24. The molecule has 3 heteroatoms. The molecule has 23 heavy (non-hydrogen) atoms. The molecule has 1 aromatic carbocycles. The molecule has 2 aromatic rings. The van der Waals surface area contributed by atoms with Gasteiger partial charge in [-0.15, -0.1) is 0 Å². The van der Waals surface area contributed by atoms with Crippen LogP contribution in [0, 0.1) is 5.92 Å². The van der Waals surface area contributed by atoms with Gasteiger partial charge in [-0.3, -0.25) is 9.78 Å². The lowest BCUT2D eigenvalue weighted by atomic mass is 10.0. The third-order valence-corrected chi connectivity index (χ3v) is 4.13. The van der Waals surface area contributed by atoms with Gasteiger partial charge in [-0.25, -0.2) is 0 Å². The van der Waals surface area contributed by atoms with E-state index in [2.05, 4.69) is 18.8 Å². The molecule has 0 amide bonds. The molecule has 3 nitrogen and oxygen atoms in total. The van der Waals surface area contributed by atoms with E-state index in [9.17, 15) is 4.79 Å². The maximum atomic E-state index is 10.6. The molecule has 0 saturated carbocycles. The van der Waals surface area contributed by atoms with E-state index in [0.29, 0.717) is 5.56 Å². The first-order valence-electron chi connectivity index (χ1n) is 8.37. The standard InChI is InChI=1S/C20H25NO2/c1-3-16(2)6-4-5-13-23-19-10-8-18(9-11-19)20-12-7-17(15-22)14-21-20/h7-12,14-16H,3-6,13H2,1-2H3/t16-/m0/s1. The highest BCUT2D eigenvalue weighted by Gasteiger charge is 2.02. The summed E-state index contributed by atoms with van der Waals surface area (Å²) < 4.78 is 5.78. The van der Waals surface area contributed by atoms with E-state index >= 15 is 0 Å². The van der Waals surface area contributed by atoms with E-state index in [0.717, 1.165) is 42.2 Å². The molecule has 0 N–H and O–H groups in total. The SMILES string of the molecule is CC[C@H](C)CCCCOc1ccc(-c2ccc(C=O)cn2)cc1. The number of ether oxygens (including phenoxy) is 1. The highest BCUT2D eigenvalue weighted by molar-refractivity contribution is 5.75. The van der Waals surface area contributed by atoms with Crippen LogP contribution in [0.3, 0.4) is 0 Å². The molecule has 0 spiro atoms. The number of unbranched alkanes of at least 4 members (excludes halogenated alkanes) is 1. The molecule has 0 unspecified atom stereocenters. The van der Waals surface area contributed by atoms with Crippen LogP contribution in [0.25, 0.3) is 11.3 Å². The van der Waals surface area contributed by atoms with E-state index in [1.54, 1.807) is 12.3 Å². The summed E-state index contributed by atoms with van der Waals surface area (Å²) in [6.45, 7) is 5.31. The van der Waals surface area contributed by atoms with E-state index in [1.165, 1.54) is 19.3 Å². The summed E-state index contributed by atoms with van der Waals surface area (Å²) >= 11 is 0. The predicted octanol–water partition coefficient (Wildman–Crippen LogP) is 5.16. The van der Waals surface area contributed by atoms with Gasteiger partial charge in [0.05, 0.1) is 12.3 Å². The van der Waals surface area contributed by atoms with Crippen LogP contribution in [-0.2, 0) is 0 Å². The molecule has 1 atom stereocenters. The summed E-state index contributed by atoms with van der Waals surface area (Å²) in [4.78, 5) is 14.9. The van der Waals surface area contributed by atoms with Crippen molar-refractivity contribution in [3.05, 3.63) is 48.2 Å². The van der Waals surface area contributed by atoms with E-state index in [1.807, 2.05) is 30.3 Å². The first-order chi connectivity index (χ1) is 11.2. The molecule has 1 aromatic heterocycles. The smallest absolute Gasteiger partial charge is 0.151 e. The minimum Gasteiger partial charge on any atom is -0.494 e. The molecule has 0 saturated heterocycles. The molecule has 2 rings (SSSR count). The largest absolute Gasteiger partial charge is 0.494 e. The molecule has 0 fully saturated rings. The first-order valence-corrected chi connectivity index (χ1v) is 8.37. The summed E-state index contributed by atoms with van der Waals surface area (Å²) in [5, 5.41) is 0. The van der Waals surface area contributed by atoms with E-state index < -0.39 is 0 Å². The van der Waals surface area contributed by atoms with Crippen LogP contribution in [0.1, 0.15) is 49.9 Å². The zero-order valence-electron chi connectivity index (χ0n) is 14.0. The quantitative estimate of drug-likeness (QED) is 0.474. The van der Waals surface area contributed by atoms with Gasteiger partial charge in [0.15, 0.2) is 6.29 Å². The fraction of sp³-hybridized carbons (Fsp3) is 0.400. The Hall–Kier alpha value is -2.16. The van der Waals surface area contributed by atoms with Crippen molar-refractivity contribution in [2.24, 2.45) is 5.92 Å². The van der Waals surface area contributed by atoms with Crippen LogP contribution in [-0.4, -0.2) is 17.9 Å². The molecule has 0 radical (unpaired) electrons. The number of rotatable bonds is 9. The van der Waals surface area contributed by atoms with Crippen LogP contribution >= 0.6 is 0 Å². The number of nitrogens with zero attached hydrogens (tertiary/aromatic N) is 1. The number of benzene rings is 1. The van der Waals surface area contributed by atoms with Crippen LogP contribution in [0.5, 0.6) is 5.75 Å². The van der Waals surface area contributed by atoms with Crippen LogP contribution in [0.2, 0.25) is 0 Å². The molecule has 1 heterocycles. The number of hydrogen-bond acceptors (Lipinski definition) is 3. The number of pyridine rings is 1. The Bertz CT molecular complexity index is 590. The molecule has 122 valence electrons. The number of carbonyl (C=O) groups excluding carboxylic acids is 1. The Morgan fingerprint density at radius 2 is 1.91 bits per heavy atom. The van der Waals surface area contributed by atoms with Gasteiger partial charge in [0.25, 0.3) is 0 Å². The Kier molecular flexibility index (Phi) is 6.79. The minimum atomic E-state index is 0.589. The summed E-state index contributed by atoms with van der Waals surface area (Å²) in [5.41, 5.74) is 2.47. The lowest BCUT2D eigenvalue weighted by Crippen LogP contribution is -1.99. The zero-order chi connectivity index (χ0) is 16.5. The zero-order valence-corrected chi connectivity index (χ0v) is 14.0. The minimum absolute atomic E-state index is 0.589. The lowest BCUT2D eigenvalue weighted by molar-refractivity contribution is 0.112. The number of aldehydes is 1. The van der Waals surface area contributed by atoms with Crippen molar-refractivity contribution in [1.29, 1.82) is 0 Å². The maximum absolute atomic E-state index is 10.6. The van der Waals surface area contributed by atoms with Crippen molar-refractivity contribution in [2.75, 3.05) is 6.61 Å². The van der Waals surface area contributed by atoms with Gasteiger partial charge in [-0.1, -0.05) is 26.7 Å². The average Bonchev–Trinajstić information content (AvgIpc) is 2.62. The topological polar surface area (TPSA) is 39.2 Å². The number of carbonyl (C=O) groups is 1. The highest BCUT2D eigenvalue weighted by Crippen LogP contribution is 2.21. The van der Waals surface area contributed by atoms with Crippen molar-refractivity contribution < 1.29 is 9.53 Å². The Morgan fingerprint density at radius 3 is 2.52 bits per heavy atom. The van der Waals surface area contributed by atoms with Crippen LogP contribution in [0.15, 0.2) is 42.6 Å². The van der Waals surface area contributed by atoms with Gasteiger partial charge in [0.1, 0.15) is 5.75 Å². The Labute approximate surface area is 138 Å². The molecular weight excluding hydrogens is 286 g/mol. The van der Waals surface area contributed by atoms with Gasteiger partial charge in [-0.05, 0) is 55.2 Å². The first kappa shape index (κ1) is 17.2. The fourth-order valence-corrected chi connectivity index (χ4v) is 2.36. The predicted molar refractivity (Wildman–Crippen MR) is 93.9 cm³/mol. The molecular formula is C20H25NO2. The summed E-state index contributed by atoms with van der Waals surface area (Å²) in [6, 6.07) is 11.6.